The molecule has 1 aliphatic heterocycles. The molecule has 1 aromatic rings. The number of carbonyl (C=O) groups excluding carboxylic acids is 4. The Morgan fingerprint density at radius 2 is 1.93 bits per heavy atom. The second-order valence-electron chi connectivity index (χ2n) is 7.72. The van der Waals surface area contributed by atoms with Crippen molar-refractivity contribution in [1.82, 2.24) is 15.5 Å². The van der Waals surface area contributed by atoms with E-state index in [1.165, 1.54) is 4.90 Å². The molecular formula is C21H30N4O5. The van der Waals surface area contributed by atoms with Gasteiger partial charge in [0.1, 0.15) is 12.6 Å². The van der Waals surface area contributed by atoms with E-state index in [2.05, 4.69) is 10.6 Å². The van der Waals surface area contributed by atoms with Crippen LogP contribution >= 0.6 is 0 Å². The summed E-state index contributed by atoms with van der Waals surface area (Å²) in [5.74, 6) is -0.868. The average molecular weight is 418 g/mol. The van der Waals surface area contributed by atoms with E-state index in [1.54, 1.807) is 0 Å². The number of alkyl carbamates (subject to hydrolysis) is 1. The second-order valence-corrected chi connectivity index (χ2v) is 7.72. The Bertz CT molecular complexity index is 753. The highest BCUT2D eigenvalue weighted by Crippen LogP contribution is 2.11. The van der Waals surface area contributed by atoms with Crippen LogP contribution < -0.4 is 16.4 Å². The summed E-state index contributed by atoms with van der Waals surface area (Å²) in [6.45, 7) is 4.06. The SMILES string of the molecule is CC(C)C[C@H](NC(=O)OCc1ccccc1)C(=O)NC1CCN(C(=O)CN)CC1=O. The smallest absolute Gasteiger partial charge is 0.408 e. The molecule has 4 N–H and O–H groups in total. The normalized spacial score (nSPS) is 17.4. The topological polar surface area (TPSA) is 131 Å². The van der Waals surface area contributed by atoms with Crippen LogP contribution in [-0.4, -0.2) is 60.3 Å². The summed E-state index contributed by atoms with van der Waals surface area (Å²) in [5, 5.41) is 5.30. The van der Waals surface area contributed by atoms with Crippen LogP contribution in [0.15, 0.2) is 30.3 Å². The molecular weight excluding hydrogens is 388 g/mol. The quantitative estimate of drug-likeness (QED) is 0.566. The minimum atomic E-state index is -0.829. The van der Waals surface area contributed by atoms with Crippen LogP contribution in [0.4, 0.5) is 4.79 Å². The van der Waals surface area contributed by atoms with E-state index >= 15 is 0 Å². The first-order chi connectivity index (χ1) is 14.3. The number of ether oxygens (including phenoxy) is 1. The van der Waals surface area contributed by atoms with Crippen molar-refractivity contribution in [3.63, 3.8) is 0 Å². The second kappa shape index (κ2) is 11.3. The molecule has 1 unspecified atom stereocenters. The Kier molecular flexibility index (Phi) is 8.79. The van der Waals surface area contributed by atoms with E-state index in [1.807, 2.05) is 44.2 Å². The lowest BCUT2D eigenvalue weighted by Gasteiger charge is -2.32. The summed E-state index contributed by atoms with van der Waals surface area (Å²) in [6.07, 6.45) is 0.00283. The predicted molar refractivity (Wildman–Crippen MR) is 110 cm³/mol. The van der Waals surface area contributed by atoms with Gasteiger partial charge in [-0.05, 0) is 24.3 Å². The van der Waals surface area contributed by atoms with Gasteiger partial charge in [0.15, 0.2) is 5.78 Å². The van der Waals surface area contributed by atoms with Gasteiger partial charge in [-0.3, -0.25) is 14.4 Å². The number of hydrogen-bond donors (Lipinski definition) is 3. The fourth-order valence-corrected chi connectivity index (χ4v) is 3.20. The number of carbonyl (C=O) groups is 4. The van der Waals surface area contributed by atoms with Crippen molar-refractivity contribution >= 4 is 23.7 Å². The van der Waals surface area contributed by atoms with Gasteiger partial charge >= 0.3 is 6.09 Å². The highest BCUT2D eigenvalue weighted by Gasteiger charge is 2.32. The molecule has 164 valence electrons. The van der Waals surface area contributed by atoms with Gasteiger partial charge in [-0.1, -0.05) is 44.2 Å². The van der Waals surface area contributed by atoms with E-state index in [4.69, 9.17) is 10.5 Å². The number of ketones is 1. The molecule has 2 rings (SSSR count). The summed E-state index contributed by atoms with van der Waals surface area (Å²) < 4.78 is 5.20. The molecule has 0 radical (unpaired) electrons. The van der Waals surface area contributed by atoms with Gasteiger partial charge in [-0.25, -0.2) is 4.79 Å². The Morgan fingerprint density at radius 1 is 1.23 bits per heavy atom. The van der Waals surface area contributed by atoms with E-state index < -0.39 is 24.1 Å². The molecule has 0 aromatic heterocycles. The molecule has 1 aromatic carbocycles. The third kappa shape index (κ3) is 7.14. The number of benzene rings is 1. The average Bonchev–Trinajstić information content (AvgIpc) is 2.73. The van der Waals surface area contributed by atoms with Crippen LogP contribution in [-0.2, 0) is 25.7 Å². The lowest BCUT2D eigenvalue weighted by atomic mass is 10.00. The maximum atomic E-state index is 12.7. The molecule has 1 aliphatic rings. The zero-order chi connectivity index (χ0) is 22.1. The van der Waals surface area contributed by atoms with E-state index in [-0.39, 0.29) is 37.3 Å². The van der Waals surface area contributed by atoms with Crippen LogP contribution in [0.2, 0.25) is 0 Å². The van der Waals surface area contributed by atoms with Crippen molar-refractivity contribution < 1.29 is 23.9 Å². The first-order valence-electron chi connectivity index (χ1n) is 10.1. The Hall–Kier alpha value is -2.94. The zero-order valence-electron chi connectivity index (χ0n) is 17.4. The molecule has 2 atom stereocenters. The fraction of sp³-hybridized carbons (Fsp3) is 0.524. The van der Waals surface area contributed by atoms with Gasteiger partial charge in [0.25, 0.3) is 0 Å². The summed E-state index contributed by atoms with van der Waals surface area (Å²) in [5.41, 5.74) is 6.17. The van der Waals surface area contributed by atoms with Gasteiger partial charge in [0, 0.05) is 6.54 Å². The van der Waals surface area contributed by atoms with Crippen molar-refractivity contribution in [2.75, 3.05) is 19.6 Å². The summed E-state index contributed by atoms with van der Waals surface area (Å²) in [7, 11) is 0. The number of Topliss-reactive ketones (excluding diaryl/α,β-unsaturated/α-hetero) is 1. The first kappa shape index (κ1) is 23.3. The number of likely N-dealkylation sites (tertiary alicyclic amines) is 1. The van der Waals surface area contributed by atoms with Crippen molar-refractivity contribution in [2.24, 2.45) is 11.7 Å². The standard InChI is InChI=1S/C21H30N4O5/c1-14(2)10-17(24-21(29)30-13-15-6-4-3-5-7-15)20(28)23-16-8-9-25(12-18(16)26)19(27)11-22/h3-7,14,16-17H,8-13,22H2,1-2H3,(H,23,28)(H,24,29)/t16?,17-/m0/s1. The molecule has 1 fully saturated rings. The minimum absolute atomic E-state index is 0.0810. The van der Waals surface area contributed by atoms with Crippen LogP contribution in [0.1, 0.15) is 32.3 Å². The van der Waals surface area contributed by atoms with Crippen molar-refractivity contribution in [2.45, 2.75) is 45.4 Å². The van der Waals surface area contributed by atoms with E-state index in [0.29, 0.717) is 19.4 Å². The molecule has 0 saturated carbocycles. The number of rotatable bonds is 8. The van der Waals surface area contributed by atoms with E-state index in [9.17, 15) is 19.2 Å². The molecule has 9 nitrogen and oxygen atoms in total. The molecule has 1 saturated heterocycles. The van der Waals surface area contributed by atoms with Crippen molar-refractivity contribution in [1.29, 1.82) is 0 Å². The molecule has 0 bridgehead atoms. The Balaban J connectivity index is 1.90. The van der Waals surface area contributed by atoms with Crippen LogP contribution in [0.3, 0.4) is 0 Å². The summed E-state index contributed by atoms with van der Waals surface area (Å²) in [4.78, 5) is 50.3. The first-order valence-corrected chi connectivity index (χ1v) is 10.1. The molecule has 0 aliphatic carbocycles. The largest absolute Gasteiger partial charge is 0.445 e. The lowest BCUT2D eigenvalue weighted by molar-refractivity contribution is -0.138. The number of nitrogens with two attached hydrogens (primary N) is 1. The number of amides is 3. The fourth-order valence-electron chi connectivity index (χ4n) is 3.20. The lowest BCUT2D eigenvalue weighted by Crippen LogP contribution is -2.57. The molecule has 9 heteroatoms. The van der Waals surface area contributed by atoms with Gasteiger partial charge in [-0.2, -0.15) is 0 Å². The Labute approximate surface area is 176 Å². The number of piperidine rings is 1. The van der Waals surface area contributed by atoms with Crippen LogP contribution in [0, 0.1) is 5.92 Å². The van der Waals surface area contributed by atoms with Gasteiger partial charge in [-0.15, -0.1) is 0 Å². The van der Waals surface area contributed by atoms with Crippen molar-refractivity contribution in [3.8, 4) is 0 Å². The third-order valence-electron chi connectivity index (χ3n) is 4.80. The third-order valence-corrected chi connectivity index (χ3v) is 4.80. The predicted octanol–water partition coefficient (Wildman–Crippen LogP) is 0.572. The number of hydrogen-bond acceptors (Lipinski definition) is 6. The zero-order valence-corrected chi connectivity index (χ0v) is 17.4. The number of nitrogens with one attached hydrogen (secondary N) is 2. The molecule has 1 heterocycles. The van der Waals surface area contributed by atoms with Gasteiger partial charge in [0.05, 0.1) is 19.1 Å². The minimum Gasteiger partial charge on any atom is -0.445 e. The molecule has 0 spiro atoms. The maximum absolute atomic E-state index is 12.7. The Morgan fingerprint density at radius 3 is 2.53 bits per heavy atom. The highest BCUT2D eigenvalue weighted by atomic mass is 16.5. The molecule has 30 heavy (non-hydrogen) atoms. The van der Waals surface area contributed by atoms with Crippen LogP contribution in [0.25, 0.3) is 0 Å². The van der Waals surface area contributed by atoms with Gasteiger partial charge in [0.2, 0.25) is 11.8 Å². The van der Waals surface area contributed by atoms with Crippen molar-refractivity contribution in [3.05, 3.63) is 35.9 Å². The van der Waals surface area contributed by atoms with Gasteiger partial charge < -0.3 is 26.0 Å². The van der Waals surface area contributed by atoms with Crippen LogP contribution in [0.5, 0.6) is 0 Å². The highest BCUT2D eigenvalue weighted by molar-refractivity contribution is 5.95. The maximum Gasteiger partial charge on any atom is 0.408 e. The summed E-state index contributed by atoms with van der Waals surface area (Å²) in [6, 6.07) is 7.69. The molecule has 3 amide bonds. The number of nitrogens with zero attached hydrogens (tertiary/aromatic N) is 1. The monoisotopic (exact) mass is 418 g/mol. The summed E-state index contributed by atoms with van der Waals surface area (Å²) >= 11 is 0. The van der Waals surface area contributed by atoms with E-state index in [0.717, 1.165) is 5.56 Å².